The van der Waals surface area contributed by atoms with Crippen LogP contribution >= 0.6 is 11.6 Å². The number of alkyl halides is 3. The summed E-state index contributed by atoms with van der Waals surface area (Å²) in [4.78, 5) is 27.1. The Hall–Kier alpha value is -1.95. The fourth-order valence-corrected chi connectivity index (χ4v) is 6.30. The summed E-state index contributed by atoms with van der Waals surface area (Å²) in [6, 6.07) is 4.46. The molecule has 0 unspecified atom stereocenters. The second-order valence-corrected chi connectivity index (χ2v) is 11.7. The van der Waals surface area contributed by atoms with Crippen LogP contribution in [-0.4, -0.2) is 56.0 Å². The van der Waals surface area contributed by atoms with Crippen molar-refractivity contribution < 1.29 is 35.9 Å². The highest BCUT2D eigenvalue weighted by molar-refractivity contribution is 7.89. The molecule has 1 saturated heterocycles. The number of amides is 1. The van der Waals surface area contributed by atoms with Gasteiger partial charge in [-0.25, -0.2) is 8.42 Å². The van der Waals surface area contributed by atoms with Gasteiger partial charge in [0, 0.05) is 23.7 Å². The number of rotatable bonds is 5. The third-order valence-corrected chi connectivity index (χ3v) is 8.09. The predicted octanol–water partition coefficient (Wildman–Crippen LogP) is 3.58. The molecule has 0 aromatic heterocycles. The summed E-state index contributed by atoms with van der Waals surface area (Å²) in [5, 5.41) is 0.179. The van der Waals surface area contributed by atoms with Crippen LogP contribution in [-0.2, 0) is 24.3 Å². The van der Waals surface area contributed by atoms with Gasteiger partial charge in [0.15, 0.2) is 5.78 Å². The predicted molar refractivity (Wildman–Crippen MR) is 116 cm³/mol. The van der Waals surface area contributed by atoms with Crippen LogP contribution in [0.3, 0.4) is 0 Å². The normalized spacial score (nSPS) is 27.5. The second kappa shape index (κ2) is 8.32. The third-order valence-electron chi connectivity index (χ3n) is 6.37. The molecule has 1 fully saturated rings. The van der Waals surface area contributed by atoms with Crippen LogP contribution in [0, 0.1) is 5.41 Å². The van der Waals surface area contributed by atoms with Crippen molar-refractivity contribution >= 4 is 33.3 Å². The Morgan fingerprint density at radius 3 is 2.38 bits per heavy atom. The lowest BCUT2D eigenvalue weighted by atomic mass is 9.72. The Morgan fingerprint density at radius 2 is 1.82 bits per heavy atom. The first-order valence-corrected chi connectivity index (χ1v) is 12.6. The van der Waals surface area contributed by atoms with Crippen molar-refractivity contribution in [3.05, 3.63) is 40.6 Å². The SMILES string of the molecule is CC1(C)CC(=O)C2=C(C1)N(C[C@H]1CCCO1)C(=O)[C@@]2(NS(=O)(=O)c1ccc(Cl)cc1)C(F)(F)F. The maximum absolute atomic E-state index is 14.8. The number of benzene rings is 1. The molecule has 3 aliphatic rings. The first kappa shape index (κ1) is 25.2. The molecule has 1 amide bonds. The highest BCUT2D eigenvalue weighted by Gasteiger charge is 2.72. The van der Waals surface area contributed by atoms with Crippen molar-refractivity contribution in [2.75, 3.05) is 13.2 Å². The number of hydrogen-bond acceptors (Lipinski definition) is 5. The number of ketones is 1. The molecule has 7 nitrogen and oxygen atoms in total. The lowest BCUT2D eigenvalue weighted by Gasteiger charge is -2.35. The van der Waals surface area contributed by atoms with Crippen LogP contribution < -0.4 is 4.72 Å². The van der Waals surface area contributed by atoms with E-state index in [0.29, 0.717) is 19.4 Å². The number of ether oxygens (including phenoxy) is 1. The number of halogens is 4. The number of hydrogen-bond donors (Lipinski definition) is 1. The number of allylic oxidation sites excluding steroid dienone is 1. The Morgan fingerprint density at radius 1 is 1.18 bits per heavy atom. The van der Waals surface area contributed by atoms with E-state index < -0.39 is 55.4 Å². The van der Waals surface area contributed by atoms with Gasteiger partial charge in [-0.1, -0.05) is 25.4 Å². The van der Waals surface area contributed by atoms with Gasteiger partial charge in [-0.05, 0) is 48.9 Å². The zero-order valence-electron chi connectivity index (χ0n) is 18.5. The smallest absolute Gasteiger partial charge is 0.376 e. The molecule has 12 heteroatoms. The van der Waals surface area contributed by atoms with E-state index in [9.17, 15) is 31.2 Å². The van der Waals surface area contributed by atoms with Crippen LogP contribution in [0.4, 0.5) is 13.2 Å². The van der Waals surface area contributed by atoms with Crippen LogP contribution in [0.25, 0.3) is 0 Å². The minimum Gasteiger partial charge on any atom is -0.376 e. The number of carbonyl (C=O) groups excluding carboxylic acids is 2. The molecule has 2 aliphatic heterocycles. The molecule has 1 aliphatic carbocycles. The maximum Gasteiger partial charge on any atom is 0.421 e. The molecule has 0 spiro atoms. The molecule has 0 bridgehead atoms. The van der Waals surface area contributed by atoms with Crippen molar-refractivity contribution in [1.82, 2.24) is 9.62 Å². The molecule has 34 heavy (non-hydrogen) atoms. The fourth-order valence-electron chi connectivity index (χ4n) is 4.85. The van der Waals surface area contributed by atoms with Crippen molar-refractivity contribution in [1.29, 1.82) is 0 Å². The number of Topliss-reactive ketones (excluding diaryl/α,β-unsaturated/α-hetero) is 1. The van der Waals surface area contributed by atoms with E-state index in [4.69, 9.17) is 16.3 Å². The van der Waals surface area contributed by atoms with Crippen molar-refractivity contribution in [2.45, 2.75) is 62.2 Å². The Kier molecular flexibility index (Phi) is 6.16. The molecule has 4 rings (SSSR count). The monoisotopic (exact) mass is 520 g/mol. The van der Waals surface area contributed by atoms with E-state index in [0.717, 1.165) is 17.0 Å². The fraction of sp³-hybridized carbons (Fsp3) is 0.545. The minimum absolute atomic E-state index is 0.00698. The number of sulfonamides is 1. The van der Waals surface area contributed by atoms with E-state index in [2.05, 4.69) is 0 Å². The van der Waals surface area contributed by atoms with Gasteiger partial charge < -0.3 is 9.64 Å². The van der Waals surface area contributed by atoms with Crippen LogP contribution in [0.15, 0.2) is 40.4 Å². The average molecular weight is 521 g/mol. The molecule has 1 aromatic rings. The summed E-state index contributed by atoms with van der Waals surface area (Å²) in [6.45, 7) is 3.65. The summed E-state index contributed by atoms with van der Waals surface area (Å²) < 4.78 is 77.6. The Bertz CT molecular complexity index is 1160. The van der Waals surface area contributed by atoms with Gasteiger partial charge in [0.25, 0.3) is 5.91 Å². The largest absolute Gasteiger partial charge is 0.421 e. The van der Waals surface area contributed by atoms with Crippen LogP contribution in [0.2, 0.25) is 5.02 Å². The van der Waals surface area contributed by atoms with Gasteiger partial charge in [-0.15, -0.1) is 0 Å². The van der Waals surface area contributed by atoms with Crippen molar-refractivity contribution in [2.24, 2.45) is 5.41 Å². The average Bonchev–Trinajstić information content (AvgIpc) is 3.28. The number of nitrogens with zero attached hydrogens (tertiary/aromatic N) is 1. The zero-order valence-corrected chi connectivity index (χ0v) is 20.1. The summed E-state index contributed by atoms with van der Waals surface area (Å²) >= 11 is 5.77. The Labute approximate surface area is 200 Å². The molecule has 2 atom stereocenters. The number of carbonyl (C=O) groups is 2. The molecule has 186 valence electrons. The van der Waals surface area contributed by atoms with E-state index >= 15 is 0 Å². The molecule has 0 saturated carbocycles. The maximum atomic E-state index is 14.8. The van der Waals surface area contributed by atoms with Gasteiger partial charge >= 0.3 is 6.18 Å². The van der Waals surface area contributed by atoms with Gasteiger partial charge in [0.2, 0.25) is 15.6 Å². The van der Waals surface area contributed by atoms with Crippen LogP contribution in [0.1, 0.15) is 39.5 Å². The highest BCUT2D eigenvalue weighted by Crippen LogP contribution is 2.52. The minimum atomic E-state index is -5.42. The molecule has 1 aromatic carbocycles. The topological polar surface area (TPSA) is 92.8 Å². The van der Waals surface area contributed by atoms with E-state index in [1.54, 1.807) is 18.6 Å². The molecular formula is C22H24ClF3N2O5S. The van der Waals surface area contributed by atoms with Crippen molar-refractivity contribution in [3.63, 3.8) is 0 Å². The molecule has 2 heterocycles. The van der Waals surface area contributed by atoms with E-state index in [-0.39, 0.29) is 30.1 Å². The molecule has 1 N–H and O–H groups in total. The summed E-state index contributed by atoms with van der Waals surface area (Å²) in [5.41, 5.74) is -5.38. The highest BCUT2D eigenvalue weighted by atomic mass is 35.5. The van der Waals surface area contributed by atoms with E-state index in [1.165, 1.54) is 12.1 Å². The number of nitrogens with one attached hydrogen (secondary N) is 1. The van der Waals surface area contributed by atoms with Crippen molar-refractivity contribution in [3.8, 4) is 0 Å². The Balaban J connectivity index is 1.88. The van der Waals surface area contributed by atoms with Gasteiger partial charge in [0.1, 0.15) is 0 Å². The van der Waals surface area contributed by atoms with Gasteiger partial charge in [-0.2, -0.15) is 17.9 Å². The summed E-state index contributed by atoms with van der Waals surface area (Å²) in [5.74, 6) is -2.45. The molecule has 0 radical (unpaired) electrons. The second-order valence-electron chi connectivity index (χ2n) is 9.62. The standard InChI is InChI=1S/C22H24ClF3N2O5S/c1-20(2)10-16-18(17(29)11-20)21(22(24,25)26,19(30)28(16)12-14-4-3-9-33-14)27-34(31,32)15-7-5-13(23)6-8-15/h5-8,14,27H,3-4,9-12H2,1-2H3/t14-,21-/m1/s1. The lowest BCUT2D eigenvalue weighted by Crippen LogP contribution is -2.66. The zero-order chi connectivity index (χ0) is 25.1. The van der Waals surface area contributed by atoms with Gasteiger partial charge in [0.05, 0.1) is 23.1 Å². The van der Waals surface area contributed by atoms with E-state index in [1.807, 2.05) is 0 Å². The molecular weight excluding hydrogens is 497 g/mol. The van der Waals surface area contributed by atoms with Crippen LogP contribution in [0.5, 0.6) is 0 Å². The first-order valence-electron chi connectivity index (χ1n) is 10.7. The third kappa shape index (κ3) is 4.16. The summed E-state index contributed by atoms with van der Waals surface area (Å²) in [6.07, 6.45) is -4.95. The van der Waals surface area contributed by atoms with Gasteiger partial charge in [-0.3, -0.25) is 9.59 Å². The summed E-state index contributed by atoms with van der Waals surface area (Å²) in [7, 11) is -4.88. The quantitative estimate of drug-likeness (QED) is 0.640. The lowest BCUT2D eigenvalue weighted by molar-refractivity contribution is -0.189. The first-order chi connectivity index (χ1) is 15.7.